The monoisotopic (exact) mass is 319 g/mol. The Hall–Kier alpha value is -2.88. The van der Waals surface area contributed by atoms with Gasteiger partial charge in [0.15, 0.2) is 0 Å². The summed E-state index contributed by atoms with van der Waals surface area (Å²) in [5.74, 6) is -0.532. The number of hydrogen-bond acceptors (Lipinski definition) is 3. The van der Waals surface area contributed by atoms with Crippen molar-refractivity contribution in [3.8, 4) is 0 Å². The zero-order chi connectivity index (χ0) is 16.8. The van der Waals surface area contributed by atoms with Crippen LogP contribution in [0.15, 0.2) is 47.3 Å². The summed E-state index contributed by atoms with van der Waals surface area (Å²) < 4.78 is 5.56. The molecule has 24 heavy (non-hydrogen) atoms. The molecular formula is C20H17NO3. The summed E-state index contributed by atoms with van der Waals surface area (Å²) in [5, 5.41) is 0.927. The summed E-state index contributed by atoms with van der Waals surface area (Å²) in [7, 11) is 0. The lowest BCUT2D eigenvalue weighted by Crippen LogP contribution is -2.17. The van der Waals surface area contributed by atoms with Crippen LogP contribution >= 0.6 is 0 Å². The molecule has 2 aromatic carbocycles. The number of pyridine rings is 1. The van der Waals surface area contributed by atoms with Crippen molar-refractivity contribution in [2.24, 2.45) is 0 Å². The van der Waals surface area contributed by atoms with Gasteiger partial charge in [0.1, 0.15) is 11.7 Å². The van der Waals surface area contributed by atoms with Crippen LogP contribution in [0.4, 0.5) is 0 Å². The number of fused-ring (bicyclic) bond motifs is 3. The van der Waals surface area contributed by atoms with Gasteiger partial charge in [-0.1, -0.05) is 42.5 Å². The van der Waals surface area contributed by atoms with E-state index in [1.54, 1.807) is 0 Å². The van der Waals surface area contributed by atoms with Gasteiger partial charge in [-0.2, -0.15) is 0 Å². The highest BCUT2D eigenvalue weighted by Gasteiger charge is 2.36. The van der Waals surface area contributed by atoms with E-state index in [-0.39, 0.29) is 11.1 Å². The number of aryl methyl sites for hydroxylation is 2. The van der Waals surface area contributed by atoms with Gasteiger partial charge in [-0.05, 0) is 30.5 Å². The number of benzene rings is 2. The average Bonchev–Trinajstić information content (AvgIpc) is 2.89. The van der Waals surface area contributed by atoms with Crippen LogP contribution in [-0.2, 0) is 11.2 Å². The molecule has 1 atom stereocenters. The first kappa shape index (κ1) is 14.7. The van der Waals surface area contributed by atoms with E-state index in [1.165, 1.54) is 0 Å². The smallest absolute Gasteiger partial charge is 0.344 e. The molecule has 1 aliphatic heterocycles. The molecule has 0 fully saturated rings. The molecule has 1 N–H and O–H groups in total. The molecule has 1 aliphatic rings. The van der Waals surface area contributed by atoms with E-state index in [0.717, 1.165) is 33.2 Å². The summed E-state index contributed by atoms with van der Waals surface area (Å²) in [5.41, 5.74) is 4.37. The molecule has 4 rings (SSSR count). The van der Waals surface area contributed by atoms with Crippen LogP contribution in [0.5, 0.6) is 0 Å². The van der Waals surface area contributed by atoms with Crippen LogP contribution in [0.1, 0.15) is 38.7 Å². The van der Waals surface area contributed by atoms with Gasteiger partial charge in [-0.15, -0.1) is 0 Å². The first-order valence-electron chi connectivity index (χ1n) is 7.97. The SMILES string of the molecule is Cc1ccc(C)c2c3c(c(=O)[nH]c12)C(=O)OC3Cc1ccccc1. The van der Waals surface area contributed by atoms with Crippen LogP contribution < -0.4 is 5.56 Å². The Kier molecular flexibility index (Phi) is 3.27. The van der Waals surface area contributed by atoms with Crippen molar-refractivity contribution < 1.29 is 9.53 Å². The molecular weight excluding hydrogens is 302 g/mol. The van der Waals surface area contributed by atoms with Gasteiger partial charge in [0.25, 0.3) is 5.56 Å². The second-order valence-electron chi connectivity index (χ2n) is 6.28. The molecule has 3 aromatic rings. The van der Waals surface area contributed by atoms with Crippen molar-refractivity contribution >= 4 is 16.9 Å². The fraction of sp³-hybridized carbons (Fsp3) is 0.200. The topological polar surface area (TPSA) is 59.2 Å². The number of aromatic nitrogens is 1. The number of carbonyl (C=O) groups excluding carboxylic acids is 1. The minimum absolute atomic E-state index is 0.150. The van der Waals surface area contributed by atoms with E-state index in [9.17, 15) is 9.59 Å². The summed E-state index contributed by atoms with van der Waals surface area (Å²) in [6.45, 7) is 3.94. The Morgan fingerprint density at radius 2 is 1.71 bits per heavy atom. The van der Waals surface area contributed by atoms with Gasteiger partial charge in [-0.3, -0.25) is 4.79 Å². The number of nitrogens with one attached hydrogen (secondary N) is 1. The summed E-state index contributed by atoms with van der Waals surface area (Å²) in [6.07, 6.45) is 0.131. The number of ether oxygens (including phenoxy) is 1. The van der Waals surface area contributed by atoms with Crippen molar-refractivity contribution in [1.82, 2.24) is 4.98 Å². The van der Waals surface area contributed by atoms with Gasteiger partial charge in [-0.25, -0.2) is 4.79 Å². The molecule has 4 heteroatoms. The van der Waals surface area contributed by atoms with Gasteiger partial charge in [0, 0.05) is 17.4 Å². The van der Waals surface area contributed by atoms with E-state index in [0.29, 0.717) is 6.42 Å². The van der Waals surface area contributed by atoms with E-state index in [1.807, 2.05) is 56.3 Å². The lowest BCUT2D eigenvalue weighted by Gasteiger charge is -2.15. The molecule has 120 valence electrons. The molecule has 2 heterocycles. The number of cyclic esters (lactones) is 1. The molecule has 0 bridgehead atoms. The highest BCUT2D eigenvalue weighted by atomic mass is 16.5. The molecule has 4 nitrogen and oxygen atoms in total. The maximum Gasteiger partial charge on any atom is 0.344 e. The largest absolute Gasteiger partial charge is 0.453 e. The molecule has 0 amide bonds. The number of esters is 1. The van der Waals surface area contributed by atoms with Crippen molar-refractivity contribution in [1.29, 1.82) is 0 Å². The minimum Gasteiger partial charge on any atom is -0.453 e. The summed E-state index contributed by atoms with van der Waals surface area (Å²) >= 11 is 0. The predicted molar refractivity (Wildman–Crippen MR) is 92.3 cm³/mol. The van der Waals surface area contributed by atoms with Gasteiger partial charge < -0.3 is 9.72 Å². The third kappa shape index (κ3) is 2.14. The van der Waals surface area contributed by atoms with Gasteiger partial charge in [0.05, 0.1) is 5.52 Å². The van der Waals surface area contributed by atoms with Crippen LogP contribution in [0.2, 0.25) is 0 Å². The summed E-state index contributed by atoms with van der Waals surface area (Å²) in [4.78, 5) is 27.6. The highest BCUT2D eigenvalue weighted by molar-refractivity contribution is 6.01. The zero-order valence-corrected chi connectivity index (χ0v) is 13.6. The second kappa shape index (κ2) is 5.34. The molecule has 0 spiro atoms. The highest BCUT2D eigenvalue weighted by Crippen LogP contribution is 2.38. The van der Waals surface area contributed by atoms with E-state index in [2.05, 4.69) is 4.98 Å². The quantitative estimate of drug-likeness (QED) is 0.734. The van der Waals surface area contributed by atoms with Crippen molar-refractivity contribution in [2.45, 2.75) is 26.4 Å². The van der Waals surface area contributed by atoms with Gasteiger partial charge in [0.2, 0.25) is 0 Å². The second-order valence-corrected chi connectivity index (χ2v) is 6.28. The molecule has 1 aromatic heterocycles. The number of aromatic amines is 1. The van der Waals surface area contributed by atoms with Crippen molar-refractivity contribution in [3.63, 3.8) is 0 Å². The normalized spacial score (nSPS) is 16.2. The Bertz CT molecular complexity index is 1020. The maximum atomic E-state index is 12.4. The average molecular weight is 319 g/mol. The van der Waals surface area contributed by atoms with E-state index < -0.39 is 12.1 Å². The number of rotatable bonds is 2. The Morgan fingerprint density at radius 1 is 1.00 bits per heavy atom. The molecule has 1 unspecified atom stereocenters. The number of hydrogen-bond donors (Lipinski definition) is 1. The lowest BCUT2D eigenvalue weighted by atomic mass is 9.93. The van der Waals surface area contributed by atoms with Crippen LogP contribution in [-0.4, -0.2) is 11.0 Å². The van der Waals surface area contributed by atoms with Crippen LogP contribution in [0, 0.1) is 13.8 Å². The Morgan fingerprint density at radius 3 is 2.46 bits per heavy atom. The zero-order valence-electron chi connectivity index (χ0n) is 13.6. The molecule has 0 saturated carbocycles. The molecule has 0 aliphatic carbocycles. The van der Waals surface area contributed by atoms with Crippen LogP contribution in [0.3, 0.4) is 0 Å². The number of H-pyrrole nitrogens is 1. The molecule has 0 saturated heterocycles. The van der Waals surface area contributed by atoms with E-state index >= 15 is 0 Å². The van der Waals surface area contributed by atoms with E-state index in [4.69, 9.17) is 4.74 Å². The van der Waals surface area contributed by atoms with Crippen molar-refractivity contribution in [2.75, 3.05) is 0 Å². The van der Waals surface area contributed by atoms with Crippen LogP contribution in [0.25, 0.3) is 10.9 Å². The fourth-order valence-corrected chi connectivity index (χ4v) is 3.49. The van der Waals surface area contributed by atoms with Gasteiger partial charge >= 0.3 is 5.97 Å². The predicted octanol–water partition coefficient (Wildman–Crippen LogP) is 3.60. The maximum absolute atomic E-state index is 12.4. The summed E-state index contributed by atoms with van der Waals surface area (Å²) in [6, 6.07) is 13.9. The Labute approximate surface area is 139 Å². The number of carbonyl (C=O) groups is 1. The Balaban J connectivity index is 1.98. The first-order chi connectivity index (χ1) is 11.6. The standard InChI is InChI=1S/C20H17NO3/c1-11-8-9-12(2)18-15(11)16-14(10-13-6-4-3-5-7-13)24-20(23)17(16)19(22)21-18/h3-9,14H,10H2,1-2H3,(H,21,22). The van der Waals surface area contributed by atoms with Crippen molar-refractivity contribution in [3.05, 3.63) is 80.6 Å². The molecule has 0 radical (unpaired) electrons. The third-order valence-corrected chi connectivity index (χ3v) is 4.67. The fourth-order valence-electron chi connectivity index (χ4n) is 3.49. The first-order valence-corrected chi connectivity index (χ1v) is 7.97. The third-order valence-electron chi connectivity index (χ3n) is 4.67. The minimum atomic E-state index is -0.532. The lowest BCUT2D eigenvalue weighted by molar-refractivity contribution is 0.0387.